The zero-order valence-corrected chi connectivity index (χ0v) is 15.3. The van der Waals surface area contributed by atoms with Crippen LogP contribution < -0.4 is 5.32 Å². The Kier molecular flexibility index (Phi) is 4.91. The van der Waals surface area contributed by atoms with E-state index in [1.165, 1.54) is 0 Å². The third kappa shape index (κ3) is 3.74. The monoisotopic (exact) mass is 353 g/mol. The van der Waals surface area contributed by atoms with Crippen molar-refractivity contribution in [2.45, 2.75) is 27.3 Å². The smallest absolute Gasteiger partial charge is 0.260 e. The zero-order valence-electron chi connectivity index (χ0n) is 14.5. The van der Waals surface area contributed by atoms with Crippen LogP contribution >= 0.6 is 11.6 Å². The van der Waals surface area contributed by atoms with Gasteiger partial charge in [0.25, 0.3) is 5.91 Å². The summed E-state index contributed by atoms with van der Waals surface area (Å²) < 4.78 is 1.66. The predicted molar refractivity (Wildman–Crippen MR) is 101 cm³/mol. The fourth-order valence-electron chi connectivity index (χ4n) is 2.73. The summed E-state index contributed by atoms with van der Waals surface area (Å²) in [5, 5.41) is 7.73. The van der Waals surface area contributed by atoms with Gasteiger partial charge in [-0.25, -0.2) is 4.68 Å². The first kappa shape index (κ1) is 17.2. The van der Waals surface area contributed by atoms with Crippen LogP contribution in [0, 0.1) is 20.8 Å². The summed E-state index contributed by atoms with van der Waals surface area (Å²) in [4.78, 5) is 12.7. The highest BCUT2D eigenvalue weighted by atomic mass is 35.5. The highest BCUT2D eigenvalue weighted by Crippen LogP contribution is 2.24. The van der Waals surface area contributed by atoms with E-state index in [1.54, 1.807) is 11.6 Å². The molecule has 0 atom stereocenters. The number of anilines is 1. The number of nitrogens with one attached hydrogen (secondary N) is 1. The van der Waals surface area contributed by atoms with E-state index in [-0.39, 0.29) is 5.91 Å². The average Bonchev–Trinajstić information content (AvgIpc) is 2.86. The van der Waals surface area contributed by atoms with Gasteiger partial charge in [-0.15, -0.1) is 0 Å². The first-order valence-electron chi connectivity index (χ1n) is 8.11. The molecule has 0 spiro atoms. The molecule has 5 heteroatoms. The maximum absolute atomic E-state index is 12.7. The Morgan fingerprint density at radius 2 is 1.84 bits per heavy atom. The molecule has 0 aliphatic carbocycles. The van der Waals surface area contributed by atoms with E-state index in [0.29, 0.717) is 23.0 Å². The predicted octanol–water partition coefficient (Wildman–Crippen LogP) is 4.76. The van der Waals surface area contributed by atoms with E-state index >= 15 is 0 Å². The van der Waals surface area contributed by atoms with Gasteiger partial charge in [0.1, 0.15) is 5.15 Å². The van der Waals surface area contributed by atoms with E-state index in [1.807, 2.05) is 62.4 Å². The summed E-state index contributed by atoms with van der Waals surface area (Å²) in [6.45, 7) is 6.27. The van der Waals surface area contributed by atoms with E-state index in [0.717, 1.165) is 22.4 Å². The molecule has 0 aliphatic rings. The standard InChI is InChI=1S/C20H20ClN3O/c1-13-9-10-14(2)17(11-13)22-20(25)18-15(3)23-24(19(18)21)12-16-7-5-4-6-8-16/h4-11H,12H2,1-3H3,(H,22,25). The van der Waals surface area contributed by atoms with E-state index < -0.39 is 0 Å². The average molecular weight is 354 g/mol. The molecule has 0 unspecified atom stereocenters. The van der Waals surface area contributed by atoms with Gasteiger partial charge in [-0.2, -0.15) is 5.10 Å². The van der Waals surface area contributed by atoms with Gasteiger partial charge in [-0.3, -0.25) is 4.79 Å². The molecule has 3 aromatic rings. The van der Waals surface area contributed by atoms with Gasteiger partial charge in [0.2, 0.25) is 0 Å². The summed E-state index contributed by atoms with van der Waals surface area (Å²) in [5.74, 6) is -0.240. The second-order valence-electron chi connectivity index (χ2n) is 6.17. The molecular weight excluding hydrogens is 334 g/mol. The van der Waals surface area contributed by atoms with Gasteiger partial charge < -0.3 is 5.32 Å². The fraction of sp³-hybridized carbons (Fsp3) is 0.200. The Hall–Kier alpha value is -2.59. The van der Waals surface area contributed by atoms with Crippen LogP contribution in [0.2, 0.25) is 5.15 Å². The van der Waals surface area contributed by atoms with Crippen LogP contribution in [-0.4, -0.2) is 15.7 Å². The topological polar surface area (TPSA) is 46.9 Å². The van der Waals surface area contributed by atoms with Crippen LogP contribution in [0.5, 0.6) is 0 Å². The third-order valence-corrected chi connectivity index (χ3v) is 4.49. The Bertz CT molecular complexity index is 916. The number of halogens is 1. The van der Waals surface area contributed by atoms with Crippen LogP contribution in [0.3, 0.4) is 0 Å². The summed E-state index contributed by atoms with van der Waals surface area (Å²) in [6, 6.07) is 15.8. The van der Waals surface area contributed by atoms with Crippen molar-refractivity contribution in [2.24, 2.45) is 0 Å². The van der Waals surface area contributed by atoms with Crippen LogP contribution in [0.1, 0.15) is 32.7 Å². The molecule has 1 N–H and O–H groups in total. The lowest BCUT2D eigenvalue weighted by atomic mass is 10.1. The fourth-order valence-corrected chi connectivity index (χ4v) is 3.05. The Morgan fingerprint density at radius 3 is 2.56 bits per heavy atom. The van der Waals surface area contributed by atoms with Crippen molar-refractivity contribution in [3.05, 3.63) is 81.6 Å². The van der Waals surface area contributed by atoms with Crippen molar-refractivity contribution in [2.75, 3.05) is 5.32 Å². The lowest BCUT2D eigenvalue weighted by molar-refractivity contribution is 0.102. The lowest BCUT2D eigenvalue weighted by Crippen LogP contribution is -2.14. The first-order valence-corrected chi connectivity index (χ1v) is 8.49. The second-order valence-corrected chi connectivity index (χ2v) is 6.52. The highest BCUT2D eigenvalue weighted by Gasteiger charge is 2.21. The van der Waals surface area contributed by atoms with Crippen molar-refractivity contribution in [3.8, 4) is 0 Å². The molecule has 4 nitrogen and oxygen atoms in total. The Morgan fingerprint density at radius 1 is 1.12 bits per heavy atom. The van der Waals surface area contributed by atoms with Crippen molar-refractivity contribution < 1.29 is 4.79 Å². The summed E-state index contributed by atoms with van der Waals surface area (Å²) in [5.41, 5.74) is 4.99. The molecule has 0 saturated heterocycles. The van der Waals surface area contributed by atoms with Crippen LogP contribution in [0.4, 0.5) is 5.69 Å². The minimum Gasteiger partial charge on any atom is -0.322 e. The minimum absolute atomic E-state index is 0.240. The number of hydrogen-bond donors (Lipinski definition) is 1. The third-order valence-electron chi connectivity index (χ3n) is 4.11. The van der Waals surface area contributed by atoms with Gasteiger partial charge in [-0.05, 0) is 43.5 Å². The van der Waals surface area contributed by atoms with Crippen molar-refractivity contribution in [3.63, 3.8) is 0 Å². The normalized spacial score (nSPS) is 10.7. The first-order chi connectivity index (χ1) is 12.0. The van der Waals surface area contributed by atoms with Gasteiger partial charge in [-0.1, -0.05) is 54.1 Å². The van der Waals surface area contributed by atoms with E-state index in [2.05, 4.69) is 10.4 Å². The number of hydrogen-bond acceptors (Lipinski definition) is 2. The molecule has 0 radical (unpaired) electrons. The molecular formula is C20H20ClN3O. The van der Waals surface area contributed by atoms with Gasteiger partial charge in [0.05, 0.1) is 17.8 Å². The van der Waals surface area contributed by atoms with Crippen LogP contribution in [0.25, 0.3) is 0 Å². The second kappa shape index (κ2) is 7.11. The van der Waals surface area contributed by atoms with E-state index in [4.69, 9.17) is 11.6 Å². The minimum atomic E-state index is -0.240. The Labute approximate surface area is 152 Å². The molecule has 1 heterocycles. The molecule has 25 heavy (non-hydrogen) atoms. The highest BCUT2D eigenvalue weighted by molar-refractivity contribution is 6.33. The van der Waals surface area contributed by atoms with Gasteiger partial charge in [0.15, 0.2) is 0 Å². The molecule has 1 aromatic heterocycles. The molecule has 1 amide bonds. The molecule has 3 rings (SSSR count). The van der Waals surface area contributed by atoms with E-state index in [9.17, 15) is 4.79 Å². The summed E-state index contributed by atoms with van der Waals surface area (Å²) in [6.07, 6.45) is 0. The molecule has 2 aromatic carbocycles. The molecule has 128 valence electrons. The van der Waals surface area contributed by atoms with Crippen molar-refractivity contribution in [1.29, 1.82) is 0 Å². The summed E-state index contributed by atoms with van der Waals surface area (Å²) >= 11 is 6.45. The quantitative estimate of drug-likeness (QED) is 0.734. The van der Waals surface area contributed by atoms with Crippen molar-refractivity contribution in [1.82, 2.24) is 9.78 Å². The SMILES string of the molecule is Cc1ccc(C)c(NC(=O)c2c(C)nn(Cc3ccccc3)c2Cl)c1. The maximum Gasteiger partial charge on any atom is 0.260 e. The molecule has 0 aliphatic heterocycles. The lowest BCUT2D eigenvalue weighted by Gasteiger charge is -2.09. The van der Waals surface area contributed by atoms with Gasteiger partial charge in [0, 0.05) is 5.69 Å². The number of rotatable bonds is 4. The number of carbonyl (C=O) groups is 1. The zero-order chi connectivity index (χ0) is 18.0. The number of aromatic nitrogens is 2. The number of aryl methyl sites for hydroxylation is 3. The number of amides is 1. The van der Waals surface area contributed by atoms with Crippen LogP contribution in [0.15, 0.2) is 48.5 Å². The summed E-state index contributed by atoms with van der Waals surface area (Å²) in [7, 11) is 0. The van der Waals surface area contributed by atoms with Crippen LogP contribution in [-0.2, 0) is 6.54 Å². The number of carbonyl (C=O) groups excluding carboxylic acids is 1. The largest absolute Gasteiger partial charge is 0.322 e. The Balaban J connectivity index is 1.87. The molecule has 0 saturated carbocycles. The number of nitrogens with zero attached hydrogens (tertiary/aromatic N) is 2. The maximum atomic E-state index is 12.7. The molecule has 0 fully saturated rings. The molecule has 0 bridgehead atoms. The van der Waals surface area contributed by atoms with Gasteiger partial charge >= 0.3 is 0 Å². The number of benzene rings is 2. The van der Waals surface area contributed by atoms with Crippen molar-refractivity contribution >= 4 is 23.2 Å².